The lowest BCUT2D eigenvalue weighted by Crippen LogP contribution is -2.28. The van der Waals surface area contributed by atoms with Crippen molar-refractivity contribution in [2.45, 2.75) is 13.5 Å². The molecule has 4 N–H and O–H groups in total. The van der Waals surface area contributed by atoms with Crippen molar-refractivity contribution in [1.29, 1.82) is 0 Å². The summed E-state index contributed by atoms with van der Waals surface area (Å²) in [7, 11) is 0. The highest BCUT2D eigenvalue weighted by molar-refractivity contribution is 6.17. The molecule has 0 radical (unpaired) electrons. The van der Waals surface area contributed by atoms with Gasteiger partial charge in [-0.15, -0.1) is 11.6 Å². The zero-order valence-corrected chi connectivity index (χ0v) is 11.4. The highest BCUT2D eigenvalue weighted by Gasteiger charge is 2.11. The van der Waals surface area contributed by atoms with Crippen LogP contribution in [0.3, 0.4) is 0 Å². The number of amides is 1. The molecule has 8 nitrogen and oxygen atoms in total. The second kappa shape index (κ2) is 6.08. The third-order valence-electron chi connectivity index (χ3n) is 2.34. The van der Waals surface area contributed by atoms with Gasteiger partial charge in [0.05, 0.1) is 18.1 Å². The van der Waals surface area contributed by atoms with Crippen LogP contribution in [0.1, 0.15) is 6.92 Å². The molecule has 0 spiro atoms. The minimum absolute atomic E-state index is 0.0622. The Morgan fingerprint density at radius 1 is 1.55 bits per heavy atom. The molecule has 0 saturated carbocycles. The van der Waals surface area contributed by atoms with E-state index < -0.39 is 5.91 Å². The van der Waals surface area contributed by atoms with Crippen molar-refractivity contribution in [3.8, 4) is 11.8 Å². The van der Waals surface area contributed by atoms with Gasteiger partial charge in [-0.25, -0.2) is 4.68 Å². The SMILES string of the molecule is CC#CC(=O)NNc1nc(N)nc2c1cnn2CCCl. The molecule has 0 aliphatic rings. The maximum absolute atomic E-state index is 11.3. The number of aromatic nitrogens is 4. The third-order valence-corrected chi connectivity index (χ3v) is 2.51. The van der Waals surface area contributed by atoms with Gasteiger partial charge in [-0.2, -0.15) is 15.1 Å². The molecular weight excluding hydrogens is 282 g/mol. The van der Waals surface area contributed by atoms with Gasteiger partial charge in [-0.1, -0.05) is 5.92 Å². The van der Waals surface area contributed by atoms with E-state index in [2.05, 4.69) is 37.8 Å². The van der Waals surface area contributed by atoms with E-state index in [0.717, 1.165) is 0 Å². The van der Waals surface area contributed by atoms with Gasteiger partial charge in [-0.3, -0.25) is 15.6 Å². The topological polar surface area (TPSA) is 111 Å². The number of carbonyl (C=O) groups is 1. The van der Waals surface area contributed by atoms with Gasteiger partial charge in [-0.05, 0) is 12.8 Å². The summed E-state index contributed by atoms with van der Waals surface area (Å²) in [5.74, 6) is 5.13. The second-order valence-electron chi connectivity index (χ2n) is 3.68. The van der Waals surface area contributed by atoms with Gasteiger partial charge in [0, 0.05) is 5.88 Å². The van der Waals surface area contributed by atoms with Crippen molar-refractivity contribution in [1.82, 2.24) is 25.2 Å². The Hall–Kier alpha value is -2.53. The van der Waals surface area contributed by atoms with Gasteiger partial charge in [0.1, 0.15) is 0 Å². The monoisotopic (exact) mass is 293 g/mol. The van der Waals surface area contributed by atoms with Crippen LogP contribution in [0.25, 0.3) is 11.0 Å². The van der Waals surface area contributed by atoms with Crippen LogP contribution in [0.5, 0.6) is 0 Å². The van der Waals surface area contributed by atoms with E-state index in [4.69, 9.17) is 17.3 Å². The Morgan fingerprint density at radius 3 is 3.05 bits per heavy atom. The average molecular weight is 294 g/mol. The molecule has 2 aromatic rings. The van der Waals surface area contributed by atoms with Crippen LogP contribution >= 0.6 is 11.6 Å². The molecular formula is C11H12ClN7O. The Morgan fingerprint density at radius 2 is 2.35 bits per heavy atom. The molecule has 2 heterocycles. The minimum Gasteiger partial charge on any atom is -0.368 e. The molecule has 0 aliphatic carbocycles. The summed E-state index contributed by atoms with van der Waals surface area (Å²) in [5.41, 5.74) is 11.2. The van der Waals surface area contributed by atoms with E-state index >= 15 is 0 Å². The Balaban J connectivity index is 2.32. The lowest BCUT2D eigenvalue weighted by Gasteiger charge is -2.07. The van der Waals surface area contributed by atoms with Gasteiger partial charge in [0.25, 0.3) is 0 Å². The van der Waals surface area contributed by atoms with Crippen molar-refractivity contribution >= 4 is 40.3 Å². The van der Waals surface area contributed by atoms with Crippen molar-refractivity contribution in [2.75, 3.05) is 17.0 Å². The summed E-state index contributed by atoms with van der Waals surface area (Å²) in [6.45, 7) is 2.06. The van der Waals surface area contributed by atoms with E-state index in [1.165, 1.54) is 0 Å². The molecule has 0 fully saturated rings. The molecule has 20 heavy (non-hydrogen) atoms. The fraction of sp³-hybridized carbons (Fsp3) is 0.273. The van der Waals surface area contributed by atoms with Crippen LogP contribution in [-0.2, 0) is 11.3 Å². The van der Waals surface area contributed by atoms with Gasteiger partial charge in [0.2, 0.25) is 5.95 Å². The van der Waals surface area contributed by atoms with Crippen molar-refractivity contribution in [3.05, 3.63) is 6.20 Å². The minimum atomic E-state index is -0.481. The fourth-order valence-electron chi connectivity index (χ4n) is 1.57. The van der Waals surface area contributed by atoms with Crippen molar-refractivity contribution < 1.29 is 4.79 Å². The molecule has 1 amide bonds. The Labute approximate surface area is 119 Å². The number of anilines is 2. The summed E-state index contributed by atoms with van der Waals surface area (Å²) in [6.07, 6.45) is 1.57. The first kappa shape index (κ1) is 13.9. The summed E-state index contributed by atoms with van der Waals surface area (Å²) in [6, 6.07) is 0. The van der Waals surface area contributed by atoms with E-state index in [9.17, 15) is 4.79 Å². The number of fused-ring (bicyclic) bond motifs is 1. The molecule has 0 atom stereocenters. The first-order chi connectivity index (χ1) is 9.65. The number of alkyl halides is 1. The summed E-state index contributed by atoms with van der Waals surface area (Å²) >= 11 is 5.69. The van der Waals surface area contributed by atoms with Crippen LogP contribution in [0.2, 0.25) is 0 Å². The van der Waals surface area contributed by atoms with Crippen LogP contribution in [0, 0.1) is 11.8 Å². The van der Waals surface area contributed by atoms with Gasteiger partial charge >= 0.3 is 5.91 Å². The fourth-order valence-corrected chi connectivity index (χ4v) is 1.73. The van der Waals surface area contributed by atoms with E-state index in [0.29, 0.717) is 29.3 Å². The van der Waals surface area contributed by atoms with Crippen molar-refractivity contribution in [2.24, 2.45) is 0 Å². The average Bonchev–Trinajstić information content (AvgIpc) is 2.80. The summed E-state index contributed by atoms with van der Waals surface area (Å²) < 4.78 is 1.61. The van der Waals surface area contributed by atoms with Crippen LogP contribution in [0.4, 0.5) is 11.8 Å². The quantitative estimate of drug-likeness (QED) is 0.419. The highest BCUT2D eigenvalue weighted by atomic mass is 35.5. The highest BCUT2D eigenvalue weighted by Crippen LogP contribution is 2.20. The standard InChI is InChI=1S/C11H12ClN7O/c1-2-3-8(20)17-18-9-7-6-14-19(5-4-12)10(7)16-11(13)15-9/h6H,4-5H2,1H3,(H,17,20)(H3,13,15,16,18). The zero-order valence-electron chi connectivity index (χ0n) is 10.6. The Kier molecular flexibility index (Phi) is 4.22. The number of nitrogens with zero attached hydrogens (tertiary/aromatic N) is 4. The summed E-state index contributed by atoms with van der Waals surface area (Å²) in [5, 5.41) is 4.76. The molecule has 0 bridgehead atoms. The number of hydrogen-bond donors (Lipinski definition) is 3. The maximum atomic E-state index is 11.3. The van der Waals surface area contributed by atoms with Crippen molar-refractivity contribution in [3.63, 3.8) is 0 Å². The lowest BCUT2D eigenvalue weighted by atomic mass is 10.4. The largest absolute Gasteiger partial charge is 0.368 e. The number of hydrogen-bond acceptors (Lipinski definition) is 6. The zero-order chi connectivity index (χ0) is 14.5. The molecule has 2 aromatic heterocycles. The van der Waals surface area contributed by atoms with Gasteiger partial charge in [0.15, 0.2) is 11.5 Å². The smallest absolute Gasteiger partial charge is 0.314 e. The first-order valence-electron chi connectivity index (χ1n) is 5.69. The van der Waals surface area contributed by atoms with E-state index in [1.54, 1.807) is 17.8 Å². The van der Waals surface area contributed by atoms with Gasteiger partial charge < -0.3 is 5.73 Å². The number of carbonyl (C=O) groups excluding carboxylic acids is 1. The predicted octanol–water partition coefficient (Wildman–Crippen LogP) is 0.114. The molecule has 0 aromatic carbocycles. The predicted molar refractivity (Wildman–Crippen MR) is 75.7 cm³/mol. The number of nitrogens with one attached hydrogen (secondary N) is 2. The molecule has 104 valence electrons. The normalized spacial score (nSPS) is 9.90. The number of halogens is 1. The second-order valence-corrected chi connectivity index (χ2v) is 4.06. The third kappa shape index (κ3) is 2.89. The number of nitrogen functional groups attached to an aromatic ring is 1. The molecule has 9 heteroatoms. The van der Waals surface area contributed by atoms with E-state index in [-0.39, 0.29) is 5.95 Å². The number of aryl methyl sites for hydroxylation is 1. The summed E-state index contributed by atoms with van der Waals surface area (Å²) in [4.78, 5) is 19.4. The molecule has 0 aliphatic heterocycles. The molecule has 0 saturated heterocycles. The number of nitrogens with two attached hydrogens (primary N) is 1. The van der Waals surface area contributed by atoms with Crippen LogP contribution in [-0.4, -0.2) is 31.5 Å². The lowest BCUT2D eigenvalue weighted by molar-refractivity contribution is -0.115. The maximum Gasteiger partial charge on any atom is 0.314 e. The van der Waals surface area contributed by atoms with Crippen LogP contribution in [0.15, 0.2) is 6.20 Å². The number of rotatable bonds is 4. The number of hydrazine groups is 1. The van der Waals surface area contributed by atoms with Crippen LogP contribution < -0.4 is 16.6 Å². The molecule has 0 unspecified atom stereocenters. The first-order valence-corrected chi connectivity index (χ1v) is 6.23. The molecule has 2 rings (SSSR count). The van der Waals surface area contributed by atoms with E-state index in [1.807, 2.05) is 0 Å². The Bertz CT molecular complexity index is 700.